The van der Waals surface area contributed by atoms with E-state index in [-0.39, 0.29) is 13.2 Å². The molecule has 0 aromatic heterocycles. The molecule has 0 aliphatic rings. The van der Waals surface area contributed by atoms with Crippen molar-refractivity contribution in [2.24, 2.45) is 5.73 Å². The summed E-state index contributed by atoms with van der Waals surface area (Å²) in [5, 5.41) is 9.86. The van der Waals surface area contributed by atoms with Gasteiger partial charge in [-0.05, 0) is 43.5 Å². The molecular weight excluding hydrogens is 380 g/mol. The number of ether oxygens (including phenoxy) is 1. The van der Waals surface area contributed by atoms with E-state index in [0.717, 1.165) is 36.8 Å². The number of nitrogens with zero attached hydrogens (tertiary/aromatic N) is 1. The number of hydrogen-bond donors (Lipinski definition) is 2. The Morgan fingerprint density at radius 3 is 2.10 bits per heavy atom. The number of carbonyl (C=O) groups is 2. The van der Waals surface area contributed by atoms with Crippen LogP contribution in [0.5, 0.6) is 0 Å². The van der Waals surface area contributed by atoms with Crippen LogP contribution >= 0.6 is 0 Å². The first-order valence-electron chi connectivity index (χ1n) is 10.5. The van der Waals surface area contributed by atoms with Crippen LogP contribution in [0.1, 0.15) is 36.8 Å². The lowest BCUT2D eigenvalue weighted by molar-refractivity contribution is -0.150. The first-order valence-corrected chi connectivity index (χ1v) is 10.5. The molecule has 1 atom stereocenters. The van der Waals surface area contributed by atoms with Gasteiger partial charge in [-0.25, -0.2) is 0 Å². The topological polar surface area (TPSA) is 92.9 Å². The Hall–Kier alpha value is -2.70. The van der Waals surface area contributed by atoms with Crippen molar-refractivity contribution in [2.75, 3.05) is 19.6 Å². The lowest BCUT2D eigenvalue weighted by atomic mass is 10.0. The minimum atomic E-state index is -0.934. The van der Waals surface area contributed by atoms with Gasteiger partial charge in [-0.3, -0.25) is 14.5 Å². The minimum Gasteiger partial charge on any atom is -0.480 e. The Labute approximate surface area is 178 Å². The van der Waals surface area contributed by atoms with Crippen molar-refractivity contribution in [1.29, 1.82) is 0 Å². The fourth-order valence-corrected chi connectivity index (χ4v) is 3.32. The predicted molar refractivity (Wildman–Crippen MR) is 117 cm³/mol. The number of carboxylic acids is 1. The summed E-state index contributed by atoms with van der Waals surface area (Å²) in [5.74, 6) is -1.35. The van der Waals surface area contributed by atoms with Crippen LogP contribution in [0.4, 0.5) is 0 Å². The zero-order valence-electron chi connectivity index (χ0n) is 17.4. The van der Waals surface area contributed by atoms with E-state index in [1.165, 1.54) is 0 Å². The summed E-state index contributed by atoms with van der Waals surface area (Å²) in [6.45, 7) is 1.31. The zero-order valence-corrected chi connectivity index (χ0v) is 17.4. The van der Waals surface area contributed by atoms with Crippen LogP contribution < -0.4 is 5.73 Å². The molecule has 3 N–H and O–H groups in total. The van der Waals surface area contributed by atoms with Crippen LogP contribution in [0.2, 0.25) is 0 Å². The van der Waals surface area contributed by atoms with Crippen molar-refractivity contribution in [3.05, 3.63) is 71.8 Å². The molecule has 0 saturated heterocycles. The molecule has 30 heavy (non-hydrogen) atoms. The molecule has 0 aliphatic carbocycles. The molecule has 2 aromatic rings. The van der Waals surface area contributed by atoms with Crippen LogP contribution in [-0.4, -0.2) is 47.6 Å². The van der Waals surface area contributed by atoms with Gasteiger partial charge in [0.25, 0.3) is 0 Å². The van der Waals surface area contributed by atoms with E-state index < -0.39 is 18.0 Å². The van der Waals surface area contributed by atoms with Gasteiger partial charge in [-0.15, -0.1) is 0 Å². The Balaban J connectivity index is 2.00. The predicted octanol–water partition coefficient (Wildman–Crippen LogP) is 3.25. The van der Waals surface area contributed by atoms with E-state index >= 15 is 0 Å². The Morgan fingerprint density at radius 2 is 1.50 bits per heavy atom. The molecule has 0 amide bonds. The van der Waals surface area contributed by atoms with Crippen molar-refractivity contribution in [1.82, 2.24) is 4.90 Å². The largest absolute Gasteiger partial charge is 0.480 e. The van der Waals surface area contributed by atoms with Gasteiger partial charge < -0.3 is 15.6 Å². The molecule has 1 unspecified atom stereocenters. The molecule has 2 rings (SSSR count). The third-order valence-corrected chi connectivity index (χ3v) is 4.97. The molecule has 2 aromatic carbocycles. The highest BCUT2D eigenvalue weighted by molar-refractivity contribution is 5.76. The zero-order chi connectivity index (χ0) is 21.6. The minimum absolute atomic E-state index is 0.0481. The third kappa shape index (κ3) is 8.76. The molecule has 0 radical (unpaired) electrons. The first-order chi connectivity index (χ1) is 14.6. The van der Waals surface area contributed by atoms with Crippen LogP contribution in [0.25, 0.3) is 0 Å². The van der Waals surface area contributed by atoms with Gasteiger partial charge >= 0.3 is 11.9 Å². The second-order valence-electron chi connectivity index (χ2n) is 7.36. The van der Waals surface area contributed by atoms with Crippen molar-refractivity contribution < 1.29 is 19.4 Å². The maximum atomic E-state index is 12.5. The number of hydrogen-bond acceptors (Lipinski definition) is 5. The maximum Gasteiger partial charge on any atom is 0.321 e. The van der Waals surface area contributed by atoms with Crippen LogP contribution in [-0.2, 0) is 27.4 Å². The van der Waals surface area contributed by atoms with Gasteiger partial charge in [0.2, 0.25) is 0 Å². The molecule has 6 nitrogen and oxygen atoms in total. The van der Waals surface area contributed by atoms with Crippen molar-refractivity contribution >= 4 is 11.9 Å². The third-order valence-electron chi connectivity index (χ3n) is 4.97. The van der Waals surface area contributed by atoms with Crippen LogP contribution in [0.3, 0.4) is 0 Å². The number of esters is 1. The summed E-state index contributed by atoms with van der Waals surface area (Å²) < 4.78 is 5.39. The van der Waals surface area contributed by atoms with E-state index in [4.69, 9.17) is 10.5 Å². The van der Waals surface area contributed by atoms with Crippen LogP contribution in [0, 0.1) is 0 Å². The fourth-order valence-electron chi connectivity index (χ4n) is 3.32. The standard InChI is InChI=1S/C24H32N2O4/c25-15-9-1-2-10-16-26(18-23(27)30-19-21-13-7-4-8-14-21)22(24(28)29)17-20-11-5-3-6-12-20/h3-8,11-14,22H,1-2,9-10,15-19,25H2,(H,28,29). The number of benzene rings is 2. The molecular formula is C24H32N2O4. The van der Waals surface area contributed by atoms with E-state index in [1.54, 1.807) is 4.90 Å². The summed E-state index contributed by atoms with van der Waals surface area (Å²) in [7, 11) is 0. The Kier molecular flexibility index (Phi) is 10.6. The summed E-state index contributed by atoms with van der Waals surface area (Å²) in [5.41, 5.74) is 7.37. The molecule has 0 fully saturated rings. The number of rotatable bonds is 14. The van der Waals surface area contributed by atoms with Crippen molar-refractivity contribution in [3.63, 3.8) is 0 Å². The summed E-state index contributed by atoms with van der Waals surface area (Å²) in [6.07, 6.45) is 4.05. The highest BCUT2D eigenvalue weighted by atomic mass is 16.5. The van der Waals surface area contributed by atoms with E-state index in [1.807, 2.05) is 60.7 Å². The molecule has 0 aliphatic heterocycles. The maximum absolute atomic E-state index is 12.5. The average molecular weight is 413 g/mol. The number of aliphatic carboxylic acids is 1. The highest BCUT2D eigenvalue weighted by Gasteiger charge is 2.27. The lowest BCUT2D eigenvalue weighted by Crippen LogP contribution is -2.46. The molecule has 6 heteroatoms. The van der Waals surface area contributed by atoms with Gasteiger partial charge in [-0.1, -0.05) is 73.5 Å². The van der Waals surface area contributed by atoms with Gasteiger partial charge in [-0.2, -0.15) is 0 Å². The normalized spacial score (nSPS) is 11.9. The van der Waals surface area contributed by atoms with E-state index in [9.17, 15) is 14.7 Å². The van der Waals surface area contributed by atoms with Crippen molar-refractivity contribution in [3.8, 4) is 0 Å². The first kappa shape index (κ1) is 23.6. The molecule has 0 saturated carbocycles. The van der Waals surface area contributed by atoms with E-state index in [0.29, 0.717) is 19.5 Å². The Morgan fingerprint density at radius 1 is 0.900 bits per heavy atom. The van der Waals surface area contributed by atoms with Gasteiger partial charge in [0, 0.05) is 0 Å². The quantitative estimate of drug-likeness (QED) is 0.365. The average Bonchev–Trinajstić information content (AvgIpc) is 2.76. The fraction of sp³-hybridized carbons (Fsp3) is 0.417. The second-order valence-corrected chi connectivity index (χ2v) is 7.36. The molecule has 162 valence electrons. The number of carbonyl (C=O) groups excluding carboxylic acids is 1. The lowest BCUT2D eigenvalue weighted by Gasteiger charge is -2.28. The molecule has 0 spiro atoms. The summed E-state index contributed by atoms with van der Waals surface area (Å²) >= 11 is 0. The van der Waals surface area contributed by atoms with Gasteiger partial charge in [0.1, 0.15) is 12.6 Å². The number of carboxylic acid groups (broad SMARTS) is 1. The Bertz CT molecular complexity index is 752. The smallest absolute Gasteiger partial charge is 0.321 e. The highest BCUT2D eigenvalue weighted by Crippen LogP contribution is 2.13. The number of nitrogens with two attached hydrogens (primary N) is 1. The monoisotopic (exact) mass is 412 g/mol. The summed E-state index contributed by atoms with van der Waals surface area (Å²) in [6, 6.07) is 18.1. The second kappa shape index (κ2) is 13.5. The van der Waals surface area contributed by atoms with Crippen molar-refractivity contribution in [2.45, 2.75) is 44.8 Å². The molecule has 0 bridgehead atoms. The van der Waals surface area contributed by atoms with Crippen LogP contribution in [0.15, 0.2) is 60.7 Å². The SMILES string of the molecule is NCCCCCCN(CC(=O)OCc1ccccc1)C(Cc1ccccc1)C(=O)O. The van der Waals surface area contributed by atoms with Gasteiger partial charge in [0.15, 0.2) is 0 Å². The van der Waals surface area contributed by atoms with E-state index in [2.05, 4.69) is 0 Å². The summed E-state index contributed by atoms with van der Waals surface area (Å²) in [4.78, 5) is 26.2. The van der Waals surface area contributed by atoms with Gasteiger partial charge in [0.05, 0.1) is 6.54 Å². The molecule has 0 heterocycles. The number of unbranched alkanes of at least 4 members (excludes halogenated alkanes) is 3.